The number of halogens is 1. The lowest BCUT2D eigenvalue weighted by atomic mass is 9.80. The molecule has 18 heavy (non-hydrogen) atoms. The lowest BCUT2D eigenvalue weighted by Crippen LogP contribution is -2.16. The maximum absolute atomic E-state index is 12.8. The first-order valence-corrected chi connectivity index (χ1v) is 5.88. The van der Waals surface area contributed by atoms with Gasteiger partial charge in [0.25, 0.3) is 0 Å². The van der Waals surface area contributed by atoms with E-state index in [0.717, 1.165) is 5.69 Å². The van der Waals surface area contributed by atoms with Crippen molar-refractivity contribution in [2.24, 2.45) is 5.41 Å². The van der Waals surface area contributed by atoms with Gasteiger partial charge in [-0.15, -0.1) is 0 Å². The van der Waals surface area contributed by atoms with Crippen LogP contribution in [0.2, 0.25) is 0 Å². The van der Waals surface area contributed by atoms with Crippen molar-refractivity contribution in [1.82, 2.24) is 14.8 Å². The molecule has 2 aromatic rings. The highest BCUT2D eigenvalue weighted by Crippen LogP contribution is 2.33. The van der Waals surface area contributed by atoms with E-state index in [4.69, 9.17) is 0 Å². The maximum Gasteiger partial charge on any atom is 0.153 e. The van der Waals surface area contributed by atoms with E-state index in [1.807, 2.05) is 12.3 Å². The summed E-state index contributed by atoms with van der Waals surface area (Å²) in [7, 11) is 0. The third kappa shape index (κ3) is 2.58. The quantitative estimate of drug-likeness (QED) is 0.813. The van der Waals surface area contributed by atoms with Crippen molar-refractivity contribution in [3.63, 3.8) is 0 Å². The molecule has 0 aliphatic heterocycles. The van der Waals surface area contributed by atoms with E-state index in [1.54, 1.807) is 10.7 Å². The van der Waals surface area contributed by atoms with Crippen LogP contribution in [0.25, 0.3) is 5.82 Å². The molecule has 2 heterocycles. The van der Waals surface area contributed by atoms with Gasteiger partial charge in [0.15, 0.2) is 5.82 Å². The Balaban J connectivity index is 2.28. The Morgan fingerprint density at radius 3 is 2.56 bits per heavy atom. The average molecular weight is 246 g/mol. The van der Waals surface area contributed by atoms with Gasteiger partial charge in [0.1, 0.15) is 5.82 Å². The fourth-order valence-corrected chi connectivity index (χ4v) is 1.60. The van der Waals surface area contributed by atoms with Gasteiger partial charge in [-0.05, 0) is 30.5 Å². The molecule has 95 valence electrons. The van der Waals surface area contributed by atoms with Gasteiger partial charge < -0.3 is 0 Å². The number of aromatic nitrogens is 3. The Bertz CT molecular complexity index is 523. The summed E-state index contributed by atoms with van der Waals surface area (Å²) >= 11 is 0. The summed E-state index contributed by atoms with van der Waals surface area (Å²) in [6, 6.07) is 4.89. The molecule has 1 atom stereocenters. The molecule has 2 aromatic heterocycles. The van der Waals surface area contributed by atoms with Gasteiger partial charge in [0, 0.05) is 12.1 Å². The molecule has 2 rings (SSSR count). The zero-order chi connectivity index (χ0) is 13.3. The van der Waals surface area contributed by atoms with E-state index in [1.165, 1.54) is 12.3 Å². The molecule has 0 bridgehead atoms. The second-order valence-corrected chi connectivity index (χ2v) is 5.44. The minimum absolute atomic E-state index is 0.0510. The topological polar surface area (TPSA) is 30.7 Å². The van der Waals surface area contributed by atoms with Crippen molar-refractivity contribution in [3.8, 4) is 5.82 Å². The predicted octanol–water partition coefficient (Wildman–Crippen LogP) is 3.37. The van der Waals surface area contributed by atoms with Crippen LogP contribution >= 0.6 is 0 Å². The van der Waals surface area contributed by atoms with Gasteiger partial charge >= 0.3 is 0 Å². The average Bonchev–Trinajstić information content (AvgIpc) is 2.77. The molecule has 0 aliphatic rings. The summed E-state index contributed by atoms with van der Waals surface area (Å²) < 4.78 is 14.4. The fourth-order valence-electron chi connectivity index (χ4n) is 1.60. The fraction of sp³-hybridized carbons (Fsp3) is 0.357. The van der Waals surface area contributed by atoms with Crippen molar-refractivity contribution in [3.05, 3.63) is 49.0 Å². The van der Waals surface area contributed by atoms with Crippen LogP contribution in [0.4, 0.5) is 4.39 Å². The van der Waals surface area contributed by atoms with Crippen LogP contribution in [0.5, 0.6) is 0 Å². The Kier molecular flexibility index (Phi) is 3.20. The lowest BCUT2D eigenvalue weighted by molar-refractivity contribution is 0.358. The van der Waals surface area contributed by atoms with Crippen molar-refractivity contribution < 1.29 is 4.39 Å². The summed E-state index contributed by atoms with van der Waals surface area (Å²) in [6.45, 7) is 10.5. The molecular weight excluding hydrogens is 229 g/mol. The third-order valence-electron chi connectivity index (χ3n) is 2.96. The molecule has 0 aromatic carbocycles. The van der Waals surface area contributed by atoms with E-state index in [2.05, 4.69) is 37.8 Å². The Morgan fingerprint density at radius 2 is 2.00 bits per heavy atom. The molecule has 0 aliphatic carbocycles. The Hall–Kier alpha value is -1.71. The van der Waals surface area contributed by atoms with Gasteiger partial charge in [-0.1, -0.05) is 20.8 Å². The standard InChI is InChI=1S/C14H17FN3/c1-10(14(2,3)4)12-7-8-18(17-12)13-6-5-11(15)9-16-13/h5-10H,1H2,2-4H3. The van der Waals surface area contributed by atoms with Crippen molar-refractivity contribution >= 4 is 0 Å². The van der Waals surface area contributed by atoms with Crippen LogP contribution in [-0.2, 0) is 0 Å². The highest BCUT2D eigenvalue weighted by molar-refractivity contribution is 5.23. The summed E-state index contributed by atoms with van der Waals surface area (Å²) in [5.74, 6) is 0.346. The predicted molar refractivity (Wildman–Crippen MR) is 68.9 cm³/mol. The van der Waals surface area contributed by atoms with Crippen LogP contribution in [0, 0.1) is 18.2 Å². The Morgan fingerprint density at radius 1 is 1.28 bits per heavy atom. The van der Waals surface area contributed by atoms with E-state index in [9.17, 15) is 4.39 Å². The van der Waals surface area contributed by atoms with Crippen LogP contribution in [0.15, 0.2) is 30.6 Å². The minimum atomic E-state index is -0.351. The molecule has 0 saturated heterocycles. The third-order valence-corrected chi connectivity index (χ3v) is 2.96. The SMILES string of the molecule is [CH2]C(c1ccn(-c2ccc(F)cn2)n1)C(C)(C)C. The second kappa shape index (κ2) is 4.52. The van der Waals surface area contributed by atoms with Crippen molar-refractivity contribution in [2.45, 2.75) is 26.7 Å². The largest absolute Gasteiger partial charge is 0.234 e. The van der Waals surface area contributed by atoms with Crippen molar-refractivity contribution in [1.29, 1.82) is 0 Å². The molecule has 1 unspecified atom stereocenters. The van der Waals surface area contributed by atoms with Crippen LogP contribution in [-0.4, -0.2) is 14.8 Å². The van der Waals surface area contributed by atoms with E-state index in [0.29, 0.717) is 5.82 Å². The van der Waals surface area contributed by atoms with Crippen LogP contribution in [0.3, 0.4) is 0 Å². The Labute approximate surface area is 107 Å². The molecule has 1 radical (unpaired) electrons. The zero-order valence-corrected chi connectivity index (χ0v) is 10.9. The highest BCUT2D eigenvalue weighted by Gasteiger charge is 2.23. The summed E-state index contributed by atoms with van der Waals surface area (Å²) in [6.07, 6.45) is 3.00. The first-order valence-electron chi connectivity index (χ1n) is 5.88. The number of hydrogen-bond acceptors (Lipinski definition) is 2. The number of nitrogens with zero attached hydrogens (tertiary/aromatic N) is 3. The normalized spacial score (nSPS) is 13.6. The first-order chi connectivity index (χ1) is 8.38. The molecule has 3 nitrogen and oxygen atoms in total. The van der Waals surface area contributed by atoms with Gasteiger partial charge in [0.2, 0.25) is 0 Å². The number of hydrogen-bond donors (Lipinski definition) is 0. The molecule has 0 amide bonds. The second-order valence-electron chi connectivity index (χ2n) is 5.44. The summed E-state index contributed by atoms with van der Waals surface area (Å²) in [4.78, 5) is 3.99. The molecule has 0 spiro atoms. The maximum atomic E-state index is 12.8. The minimum Gasteiger partial charge on any atom is -0.234 e. The number of rotatable bonds is 2. The lowest BCUT2D eigenvalue weighted by Gasteiger charge is -2.25. The van der Waals surface area contributed by atoms with E-state index in [-0.39, 0.29) is 17.2 Å². The van der Waals surface area contributed by atoms with E-state index >= 15 is 0 Å². The molecular formula is C14H17FN3. The molecule has 0 fully saturated rings. The zero-order valence-electron chi connectivity index (χ0n) is 10.9. The molecule has 0 N–H and O–H groups in total. The first kappa shape index (κ1) is 12.7. The number of pyridine rings is 1. The molecule has 0 saturated carbocycles. The van der Waals surface area contributed by atoms with E-state index < -0.39 is 0 Å². The van der Waals surface area contributed by atoms with Gasteiger partial charge in [-0.25, -0.2) is 14.1 Å². The van der Waals surface area contributed by atoms with Gasteiger partial charge in [-0.3, -0.25) is 0 Å². The van der Waals surface area contributed by atoms with Crippen molar-refractivity contribution in [2.75, 3.05) is 0 Å². The van der Waals surface area contributed by atoms with Gasteiger partial charge in [0.05, 0.1) is 11.9 Å². The van der Waals surface area contributed by atoms with Gasteiger partial charge in [-0.2, -0.15) is 5.10 Å². The summed E-state index contributed by atoms with van der Waals surface area (Å²) in [5.41, 5.74) is 0.962. The van der Waals surface area contributed by atoms with Crippen LogP contribution in [0.1, 0.15) is 32.4 Å². The molecule has 4 heteroatoms. The summed E-state index contributed by atoms with van der Waals surface area (Å²) in [5, 5.41) is 4.45. The van der Waals surface area contributed by atoms with Crippen LogP contribution < -0.4 is 0 Å². The monoisotopic (exact) mass is 246 g/mol. The highest BCUT2D eigenvalue weighted by atomic mass is 19.1. The smallest absolute Gasteiger partial charge is 0.153 e.